The molecule has 98 valence electrons. The summed E-state index contributed by atoms with van der Waals surface area (Å²) in [5.41, 5.74) is 1.05. The highest BCUT2D eigenvalue weighted by atomic mass is 35.5. The van der Waals surface area contributed by atoms with E-state index in [1.807, 2.05) is 4.57 Å². The Morgan fingerprint density at radius 3 is 2.89 bits per heavy atom. The van der Waals surface area contributed by atoms with Crippen LogP contribution in [0.2, 0.25) is 5.15 Å². The van der Waals surface area contributed by atoms with Gasteiger partial charge in [-0.05, 0) is 12.1 Å². The van der Waals surface area contributed by atoms with Crippen molar-refractivity contribution in [2.45, 2.75) is 18.9 Å². The molecule has 3 rings (SSSR count). The van der Waals surface area contributed by atoms with Crippen LogP contribution in [0.5, 0.6) is 0 Å². The number of nitrogens with zero attached hydrogens (tertiary/aromatic N) is 2. The fourth-order valence-electron chi connectivity index (χ4n) is 2.37. The molecular formula is C13H11ClN2O3. The van der Waals surface area contributed by atoms with Crippen molar-refractivity contribution in [2.75, 3.05) is 7.11 Å². The molecular weight excluding hydrogens is 268 g/mol. The minimum absolute atomic E-state index is 0.0397. The number of carbonyl (C=O) groups is 2. The molecule has 1 saturated carbocycles. The number of aromatic nitrogens is 2. The molecule has 1 aliphatic rings. The SMILES string of the molecule is COC(=O)c1ccnc2c1cc(Cl)n2C1CC(=O)C1. The molecule has 2 aromatic rings. The molecule has 1 fully saturated rings. The normalized spacial score (nSPS) is 15.6. The van der Waals surface area contributed by atoms with Gasteiger partial charge in [0.05, 0.1) is 18.7 Å². The smallest absolute Gasteiger partial charge is 0.338 e. The number of methoxy groups -OCH3 is 1. The van der Waals surface area contributed by atoms with Gasteiger partial charge in [-0.3, -0.25) is 4.79 Å². The zero-order valence-corrected chi connectivity index (χ0v) is 11.0. The van der Waals surface area contributed by atoms with E-state index >= 15 is 0 Å². The Labute approximate surface area is 114 Å². The summed E-state index contributed by atoms with van der Waals surface area (Å²) in [6.07, 6.45) is 2.48. The topological polar surface area (TPSA) is 61.2 Å². The number of fused-ring (bicyclic) bond motifs is 1. The van der Waals surface area contributed by atoms with Crippen LogP contribution in [-0.2, 0) is 9.53 Å². The molecule has 2 heterocycles. The molecule has 19 heavy (non-hydrogen) atoms. The van der Waals surface area contributed by atoms with Crippen molar-refractivity contribution in [1.82, 2.24) is 9.55 Å². The average Bonchev–Trinajstić information content (AvgIpc) is 2.70. The van der Waals surface area contributed by atoms with E-state index < -0.39 is 5.97 Å². The molecule has 5 nitrogen and oxygen atoms in total. The lowest BCUT2D eigenvalue weighted by molar-refractivity contribution is -0.126. The Bertz CT molecular complexity index is 684. The van der Waals surface area contributed by atoms with Crippen molar-refractivity contribution in [3.8, 4) is 0 Å². The number of Topliss-reactive ketones (excluding diaryl/α,β-unsaturated/α-hetero) is 1. The second kappa shape index (κ2) is 4.35. The van der Waals surface area contributed by atoms with Crippen LogP contribution in [0.4, 0.5) is 0 Å². The Hall–Kier alpha value is -1.88. The number of rotatable bonds is 2. The highest BCUT2D eigenvalue weighted by molar-refractivity contribution is 6.31. The fraction of sp³-hybridized carbons (Fsp3) is 0.308. The highest BCUT2D eigenvalue weighted by Crippen LogP contribution is 2.36. The van der Waals surface area contributed by atoms with Gasteiger partial charge in [-0.1, -0.05) is 11.6 Å². The molecule has 0 bridgehead atoms. The fourth-order valence-corrected chi connectivity index (χ4v) is 2.70. The van der Waals surface area contributed by atoms with Gasteiger partial charge in [-0.2, -0.15) is 0 Å². The van der Waals surface area contributed by atoms with Crippen molar-refractivity contribution >= 4 is 34.4 Å². The van der Waals surface area contributed by atoms with Crippen LogP contribution in [0, 0.1) is 0 Å². The molecule has 0 N–H and O–H groups in total. The monoisotopic (exact) mass is 278 g/mol. The maximum Gasteiger partial charge on any atom is 0.338 e. The van der Waals surface area contributed by atoms with E-state index in [9.17, 15) is 9.59 Å². The minimum atomic E-state index is -0.425. The summed E-state index contributed by atoms with van der Waals surface area (Å²) in [7, 11) is 1.33. The van der Waals surface area contributed by atoms with Crippen molar-refractivity contribution in [3.05, 3.63) is 29.0 Å². The van der Waals surface area contributed by atoms with Crippen LogP contribution in [0.25, 0.3) is 11.0 Å². The van der Waals surface area contributed by atoms with E-state index in [2.05, 4.69) is 4.98 Å². The van der Waals surface area contributed by atoms with Gasteiger partial charge in [-0.25, -0.2) is 9.78 Å². The molecule has 0 amide bonds. The summed E-state index contributed by atoms with van der Waals surface area (Å²) in [5, 5.41) is 1.13. The van der Waals surface area contributed by atoms with E-state index in [1.54, 1.807) is 18.3 Å². The van der Waals surface area contributed by atoms with E-state index in [0.29, 0.717) is 34.6 Å². The number of halogens is 1. The third-order valence-electron chi connectivity index (χ3n) is 3.39. The van der Waals surface area contributed by atoms with Gasteiger partial charge in [-0.15, -0.1) is 0 Å². The maximum atomic E-state index is 11.7. The van der Waals surface area contributed by atoms with Crippen LogP contribution in [-0.4, -0.2) is 28.4 Å². The maximum absolute atomic E-state index is 11.7. The average molecular weight is 279 g/mol. The van der Waals surface area contributed by atoms with E-state index in [1.165, 1.54) is 7.11 Å². The Morgan fingerprint density at radius 1 is 1.53 bits per heavy atom. The first-order valence-electron chi connectivity index (χ1n) is 5.87. The first kappa shape index (κ1) is 12.2. The van der Waals surface area contributed by atoms with Crippen molar-refractivity contribution in [1.29, 1.82) is 0 Å². The second-order valence-electron chi connectivity index (χ2n) is 4.53. The first-order valence-corrected chi connectivity index (χ1v) is 6.25. The number of pyridine rings is 1. The van der Waals surface area contributed by atoms with Crippen molar-refractivity contribution in [2.24, 2.45) is 0 Å². The summed E-state index contributed by atoms with van der Waals surface area (Å²) in [4.78, 5) is 27.1. The quantitative estimate of drug-likeness (QED) is 0.791. The molecule has 0 spiro atoms. The van der Waals surface area contributed by atoms with Crippen LogP contribution < -0.4 is 0 Å². The summed E-state index contributed by atoms with van der Waals surface area (Å²) in [6, 6.07) is 3.33. The number of ketones is 1. The standard InChI is InChI=1S/C13H11ClN2O3/c1-19-13(18)9-2-3-15-12-10(9)6-11(14)16(12)7-4-8(17)5-7/h2-3,6-7H,4-5H2,1H3. The van der Waals surface area contributed by atoms with Gasteiger partial charge in [0.15, 0.2) is 0 Å². The number of ether oxygens (including phenoxy) is 1. The second-order valence-corrected chi connectivity index (χ2v) is 4.91. The molecule has 0 aliphatic heterocycles. The zero-order valence-electron chi connectivity index (χ0n) is 10.2. The minimum Gasteiger partial charge on any atom is -0.465 e. The van der Waals surface area contributed by atoms with Gasteiger partial charge in [0.1, 0.15) is 16.6 Å². The summed E-state index contributed by atoms with van der Waals surface area (Å²) in [5.74, 6) is -0.210. The molecule has 0 radical (unpaired) electrons. The van der Waals surface area contributed by atoms with E-state index in [-0.39, 0.29) is 11.8 Å². The molecule has 0 atom stereocenters. The predicted octanol–water partition coefficient (Wildman–Crippen LogP) is 2.38. The van der Waals surface area contributed by atoms with Crippen LogP contribution >= 0.6 is 11.6 Å². The van der Waals surface area contributed by atoms with E-state index in [4.69, 9.17) is 16.3 Å². The number of hydrogen-bond acceptors (Lipinski definition) is 4. The highest BCUT2D eigenvalue weighted by Gasteiger charge is 2.31. The molecule has 0 aromatic carbocycles. The van der Waals surface area contributed by atoms with Gasteiger partial charge < -0.3 is 9.30 Å². The summed E-state index contributed by atoms with van der Waals surface area (Å²) in [6.45, 7) is 0. The molecule has 1 aliphatic carbocycles. The van der Waals surface area contributed by atoms with Crippen molar-refractivity contribution in [3.63, 3.8) is 0 Å². The molecule has 2 aromatic heterocycles. The zero-order chi connectivity index (χ0) is 13.6. The van der Waals surface area contributed by atoms with Crippen LogP contribution in [0.3, 0.4) is 0 Å². The van der Waals surface area contributed by atoms with Crippen molar-refractivity contribution < 1.29 is 14.3 Å². The van der Waals surface area contributed by atoms with E-state index in [0.717, 1.165) is 0 Å². The lowest BCUT2D eigenvalue weighted by atomic mass is 9.91. The molecule has 0 saturated heterocycles. The summed E-state index contributed by atoms with van der Waals surface area (Å²) >= 11 is 6.20. The predicted molar refractivity (Wildman–Crippen MR) is 69.4 cm³/mol. The van der Waals surface area contributed by atoms with Crippen LogP contribution in [0.15, 0.2) is 18.3 Å². The van der Waals surface area contributed by atoms with Crippen LogP contribution in [0.1, 0.15) is 29.2 Å². The lowest BCUT2D eigenvalue weighted by Gasteiger charge is -2.26. The van der Waals surface area contributed by atoms with Gasteiger partial charge in [0, 0.05) is 24.4 Å². The largest absolute Gasteiger partial charge is 0.465 e. The third-order valence-corrected chi connectivity index (χ3v) is 3.68. The van der Waals surface area contributed by atoms with Gasteiger partial charge in [0.25, 0.3) is 0 Å². The summed E-state index contributed by atoms with van der Waals surface area (Å²) < 4.78 is 6.55. The number of hydrogen-bond donors (Lipinski definition) is 0. The number of carbonyl (C=O) groups excluding carboxylic acids is 2. The Morgan fingerprint density at radius 2 is 2.26 bits per heavy atom. The third kappa shape index (κ3) is 1.81. The number of esters is 1. The van der Waals surface area contributed by atoms with Gasteiger partial charge in [0.2, 0.25) is 0 Å². The Kier molecular flexibility index (Phi) is 2.78. The first-order chi connectivity index (χ1) is 9.11. The van der Waals surface area contributed by atoms with Gasteiger partial charge >= 0.3 is 5.97 Å². The molecule has 0 unspecified atom stereocenters. The lowest BCUT2D eigenvalue weighted by Crippen LogP contribution is -2.26. The Balaban J connectivity index is 2.17. The molecule has 6 heteroatoms.